The van der Waals surface area contributed by atoms with Gasteiger partial charge in [-0.05, 0) is 42.9 Å². The van der Waals surface area contributed by atoms with Crippen molar-refractivity contribution in [1.82, 2.24) is 21.3 Å². The van der Waals surface area contributed by atoms with Gasteiger partial charge < -0.3 is 31.1 Å². The first-order valence-corrected chi connectivity index (χ1v) is 14.0. The highest BCUT2D eigenvalue weighted by Gasteiger charge is 2.29. The lowest BCUT2D eigenvalue weighted by Gasteiger charge is -2.25. The lowest BCUT2D eigenvalue weighted by molar-refractivity contribution is -0.138. The molecule has 1 heterocycles. The molecule has 216 valence electrons. The van der Waals surface area contributed by atoms with Crippen LogP contribution in [0.15, 0.2) is 54.6 Å². The van der Waals surface area contributed by atoms with Crippen molar-refractivity contribution < 1.29 is 29.0 Å². The standard InChI is InChI=1S/C30H40N4O6/c1-2-9-23-29(38)33-24(15-16-27(35)36)30(39)34-25(20-21-10-4-3-5-11-21)28(37)32-17-8-13-22-12-6-7-14-26(22)40-19-18-31-23/h3-7,10-12,14,23-25,31H,2,8-9,13,15-20H2,1H3,(H,32,37)(H,33,38)(H,34,39)(H,35,36)/t23-,24-,25+/m0/s1. The molecule has 1 aliphatic heterocycles. The van der Waals surface area contributed by atoms with Crippen molar-refractivity contribution in [3.05, 3.63) is 65.7 Å². The van der Waals surface area contributed by atoms with E-state index in [1.807, 2.05) is 61.5 Å². The number of nitrogens with one attached hydrogen (secondary N) is 4. The first kappa shape index (κ1) is 30.6. The number of hydrogen-bond donors (Lipinski definition) is 5. The van der Waals surface area contributed by atoms with E-state index < -0.39 is 35.9 Å². The molecule has 1 aliphatic rings. The topological polar surface area (TPSA) is 146 Å². The normalized spacial score (nSPS) is 21.4. The van der Waals surface area contributed by atoms with E-state index in [-0.39, 0.29) is 25.2 Å². The molecule has 0 aliphatic carbocycles. The predicted octanol–water partition coefficient (Wildman–Crippen LogP) is 1.96. The molecule has 0 bridgehead atoms. The highest BCUT2D eigenvalue weighted by molar-refractivity contribution is 5.93. The van der Waals surface area contributed by atoms with Crippen LogP contribution in [0.5, 0.6) is 5.75 Å². The lowest BCUT2D eigenvalue weighted by Crippen LogP contribution is -2.57. The molecule has 10 nitrogen and oxygen atoms in total. The Bertz CT molecular complexity index is 1130. The van der Waals surface area contributed by atoms with Crippen molar-refractivity contribution in [3.63, 3.8) is 0 Å². The van der Waals surface area contributed by atoms with Crippen LogP contribution in [-0.4, -0.2) is 66.6 Å². The van der Waals surface area contributed by atoms with Crippen molar-refractivity contribution in [2.75, 3.05) is 19.7 Å². The fourth-order valence-electron chi connectivity index (χ4n) is 4.61. The number of fused-ring (bicyclic) bond motifs is 1. The third-order valence-corrected chi connectivity index (χ3v) is 6.73. The third-order valence-electron chi connectivity index (χ3n) is 6.73. The molecular weight excluding hydrogens is 512 g/mol. The molecule has 3 atom stereocenters. The molecule has 0 saturated carbocycles. The number of rotatable bonds is 7. The maximum absolute atomic E-state index is 13.4. The summed E-state index contributed by atoms with van der Waals surface area (Å²) in [5.74, 6) is -1.68. The van der Waals surface area contributed by atoms with E-state index >= 15 is 0 Å². The van der Waals surface area contributed by atoms with Gasteiger partial charge in [0.15, 0.2) is 0 Å². The van der Waals surface area contributed by atoms with E-state index in [1.165, 1.54) is 0 Å². The molecule has 0 fully saturated rings. The summed E-state index contributed by atoms with van der Waals surface area (Å²) in [6, 6.07) is 14.4. The summed E-state index contributed by atoms with van der Waals surface area (Å²) in [5.41, 5.74) is 1.88. The number of carboxylic acids is 1. The molecule has 3 rings (SSSR count). The molecule has 0 unspecified atom stereocenters. The number of aryl methyl sites for hydroxylation is 1. The van der Waals surface area contributed by atoms with Crippen LogP contribution >= 0.6 is 0 Å². The van der Waals surface area contributed by atoms with E-state index in [0.29, 0.717) is 39.0 Å². The van der Waals surface area contributed by atoms with Crippen molar-refractivity contribution in [3.8, 4) is 5.75 Å². The van der Waals surface area contributed by atoms with Gasteiger partial charge in [-0.1, -0.05) is 61.9 Å². The lowest BCUT2D eigenvalue weighted by atomic mass is 10.0. The molecule has 10 heteroatoms. The van der Waals surface area contributed by atoms with Crippen molar-refractivity contribution in [2.24, 2.45) is 0 Å². The zero-order valence-corrected chi connectivity index (χ0v) is 23.0. The van der Waals surface area contributed by atoms with E-state index in [0.717, 1.165) is 23.3 Å². The quantitative estimate of drug-likeness (QED) is 0.353. The predicted molar refractivity (Wildman–Crippen MR) is 151 cm³/mol. The molecule has 40 heavy (non-hydrogen) atoms. The maximum Gasteiger partial charge on any atom is 0.303 e. The molecule has 5 N–H and O–H groups in total. The third kappa shape index (κ3) is 10.00. The van der Waals surface area contributed by atoms with Gasteiger partial charge in [-0.2, -0.15) is 0 Å². The first-order chi connectivity index (χ1) is 19.4. The molecule has 0 aromatic heterocycles. The number of carbonyl (C=O) groups is 4. The summed E-state index contributed by atoms with van der Waals surface area (Å²) in [5, 5.41) is 20.9. The molecule has 2 aromatic rings. The zero-order chi connectivity index (χ0) is 28.7. The molecule has 0 radical (unpaired) electrons. The largest absolute Gasteiger partial charge is 0.492 e. The highest BCUT2D eigenvalue weighted by atomic mass is 16.5. The van der Waals surface area contributed by atoms with Crippen LogP contribution in [0.2, 0.25) is 0 Å². The Morgan fingerprint density at radius 1 is 0.875 bits per heavy atom. The number of carbonyl (C=O) groups excluding carboxylic acids is 3. The molecule has 2 aromatic carbocycles. The first-order valence-electron chi connectivity index (χ1n) is 14.0. The van der Waals surface area contributed by atoms with Gasteiger partial charge in [-0.25, -0.2) is 0 Å². The summed E-state index contributed by atoms with van der Waals surface area (Å²) in [4.78, 5) is 51.1. The van der Waals surface area contributed by atoms with Crippen LogP contribution in [0.3, 0.4) is 0 Å². The minimum atomic E-state index is -1.11. The highest BCUT2D eigenvalue weighted by Crippen LogP contribution is 2.19. The Morgan fingerprint density at radius 2 is 1.57 bits per heavy atom. The van der Waals surface area contributed by atoms with Gasteiger partial charge in [0.2, 0.25) is 17.7 Å². The smallest absolute Gasteiger partial charge is 0.303 e. The monoisotopic (exact) mass is 552 g/mol. The van der Waals surface area contributed by atoms with Crippen LogP contribution in [0.4, 0.5) is 0 Å². The van der Waals surface area contributed by atoms with Gasteiger partial charge in [-0.3, -0.25) is 19.2 Å². The molecule has 0 spiro atoms. The van der Waals surface area contributed by atoms with E-state index in [2.05, 4.69) is 21.3 Å². The fourth-order valence-corrected chi connectivity index (χ4v) is 4.61. The minimum Gasteiger partial charge on any atom is -0.492 e. The average Bonchev–Trinajstić information content (AvgIpc) is 2.94. The SMILES string of the molecule is CCC[C@@H]1NCCOc2ccccc2CCCNC(=O)[C@@H](Cc2ccccc2)NC(=O)[C@H](CCC(=O)O)NC1=O. The number of para-hydroxylation sites is 1. The molecule has 0 saturated heterocycles. The second-order valence-electron chi connectivity index (χ2n) is 9.89. The second-order valence-corrected chi connectivity index (χ2v) is 9.89. The zero-order valence-electron chi connectivity index (χ0n) is 23.0. The van der Waals surface area contributed by atoms with Crippen LogP contribution in [-0.2, 0) is 32.0 Å². The van der Waals surface area contributed by atoms with Crippen LogP contribution in [0.25, 0.3) is 0 Å². The minimum absolute atomic E-state index is 0.106. The average molecular weight is 553 g/mol. The molecule has 3 amide bonds. The van der Waals surface area contributed by atoms with Crippen molar-refractivity contribution in [2.45, 2.75) is 70.0 Å². The van der Waals surface area contributed by atoms with Crippen LogP contribution in [0.1, 0.15) is 50.2 Å². The number of aliphatic carboxylic acids is 1. The second kappa shape index (κ2) is 16.2. The summed E-state index contributed by atoms with van der Waals surface area (Å²) < 4.78 is 5.99. The van der Waals surface area contributed by atoms with E-state index in [4.69, 9.17) is 4.74 Å². The van der Waals surface area contributed by atoms with Gasteiger partial charge >= 0.3 is 5.97 Å². The Hall–Kier alpha value is -3.92. The van der Waals surface area contributed by atoms with Crippen molar-refractivity contribution >= 4 is 23.7 Å². The van der Waals surface area contributed by atoms with Gasteiger partial charge in [0, 0.05) is 25.9 Å². The summed E-state index contributed by atoms with van der Waals surface area (Å²) >= 11 is 0. The van der Waals surface area contributed by atoms with E-state index in [9.17, 15) is 24.3 Å². The summed E-state index contributed by atoms with van der Waals surface area (Å²) in [7, 11) is 0. The van der Waals surface area contributed by atoms with Crippen LogP contribution < -0.4 is 26.0 Å². The maximum atomic E-state index is 13.4. The van der Waals surface area contributed by atoms with Gasteiger partial charge in [0.05, 0.1) is 6.04 Å². The fraction of sp³-hybridized carbons (Fsp3) is 0.467. The Morgan fingerprint density at radius 3 is 2.33 bits per heavy atom. The van der Waals surface area contributed by atoms with Crippen LogP contribution in [0, 0.1) is 0 Å². The number of carboxylic acid groups (broad SMARTS) is 1. The summed E-state index contributed by atoms with van der Waals surface area (Å²) in [6.45, 7) is 3.10. The Labute approximate surface area is 235 Å². The number of benzene rings is 2. The Kier molecular flexibility index (Phi) is 12.4. The summed E-state index contributed by atoms with van der Waals surface area (Å²) in [6.07, 6.45) is 2.44. The van der Waals surface area contributed by atoms with Gasteiger partial charge in [0.1, 0.15) is 24.4 Å². The Balaban J connectivity index is 1.85. The van der Waals surface area contributed by atoms with Crippen molar-refractivity contribution in [1.29, 1.82) is 0 Å². The number of ether oxygens (including phenoxy) is 1. The van der Waals surface area contributed by atoms with Gasteiger partial charge in [-0.15, -0.1) is 0 Å². The van der Waals surface area contributed by atoms with E-state index in [1.54, 1.807) is 0 Å². The van der Waals surface area contributed by atoms with Gasteiger partial charge in [0.25, 0.3) is 0 Å². The number of hydrogen-bond acceptors (Lipinski definition) is 6. The molecular formula is C30H40N4O6. The number of amides is 3.